The number of fused-ring (bicyclic) bond motifs is 4. The van der Waals surface area contributed by atoms with Gasteiger partial charge in [-0.3, -0.25) is 0 Å². The van der Waals surface area contributed by atoms with Crippen LogP contribution in [0.15, 0.2) is 16.5 Å². The lowest BCUT2D eigenvalue weighted by Crippen LogP contribution is -2.62. The van der Waals surface area contributed by atoms with E-state index in [1.807, 2.05) is 0 Å². The summed E-state index contributed by atoms with van der Waals surface area (Å²) in [4.78, 5) is 0. The number of hydrogen-bond donors (Lipinski definition) is 0. The van der Waals surface area contributed by atoms with Crippen molar-refractivity contribution in [3.05, 3.63) is 23.7 Å². The Balaban J connectivity index is 1.25. The van der Waals surface area contributed by atoms with Crippen LogP contribution < -0.4 is 0 Å². The first-order chi connectivity index (χ1) is 14.8. The molecule has 3 heteroatoms. The van der Waals surface area contributed by atoms with Gasteiger partial charge in [0.15, 0.2) is 5.79 Å². The van der Waals surface area contributed by atoms with Crippen molar-refractivity contribution in [3.63, 3.8) is 0 Å². The fourth-order valence-corrected chi connectivity index (χ4v) is 10.9. The van der Waals surface area contributed by atoms with Crippen molar-refractivity contribution in [3.8, 4) is 0 Å². The minimum atomic E-state index is -0.260. The molecule has 9 atom stereocenters. The van der Waals surface area contributed by atoms with E-state index < -0.39 is 0 Å². The molecule has 0 amide bonds. The molecule has 0 aromatic carbocycles. The molecular formula is C28H40O3. The molecule has 2 spiro atoms. The van der Waals surface area contributed by atoms with E-state index in [2.05, 4.69) is 39.8 Å². The summed E-state index contributed by atoms with van der Waals surface area (Å²) in [6, 6.07) is 4.37. The van der Waals surface area contributed by atoms with Crippen LogP contribution >= 0.6 is 0 Å². The fourth-order valence-electron chi connectivity index (χ4n) is 10.9. The van der Waals surface area contributed by atoms with Crippen LogP contribution in [0.2, 0.25) is 0 Å². The molecular weight excluding hydrogens is 384 g/mol. The van der Waals surface area contributed by atoms with Gasteiger partial charge in [-0.1, -0.05) is 20.8 Å². The lowest BCUT2D eigenvalue weighted by molar-refractivity contribution is -0.294. The van der Waals surface area contributed by atoms with Crippen molar-refractivity contribution < 1.29 is 13.9 Å². The van der Waals surface area contributed by atoms with Gasteiger partial charge in [0.1, 0.15) is 11.5 Å². The molecule has 5 saturated carbocycles. The normalized spacial score (nSPS) is 52.5. The van der Waals surface area contributed by atoms with Crippen molar-refractivity contribution in [1.29, 1.82) is 0 Å². The highest BCUT2D eigenvalue weighted by atomic mass is 16.7. The first kappa shape index (κ1) is 19.6. The molecule has 6 aliphatic rings. The van der Waals surface area contributed by atoms with Gasteiger partial charge in [0.05, 0.1) is 13.2 Å². The third kappa shape index (κ3) is 2.15. The molecule has 0 radical (unpaired) electrons. The van der Waals surface area contributed by atoms with Gasteiger partial charge in [0.25, 0.3) is 0 Å². The van der Waals surface area contributed by atoms with Crippen LogP contribution in [-0.4, -0.2) is 19.0 Å². The van der Waals surface area contributed by atoms with E-state index in [1.165, 1.54) is 57.1 Å². The highest BCUT2D eigenvalue weighted by Gasteiger charge is 2.83. The van der Waals surface area contributed by atoms with Crippen molar-refractivity contribution in [2.75, 3.05) is 13.2 Å². The van der Waals surface area contributed by atoms with Crippen LogP contribution in [0.3, 0.4) is 0 Å². The van der Waals surface area contributed by atoms with Gasteiger partial charge in [-0.25, -0.2) is 0 Å². The quantitative estimate of drug-likeness (QED) is 0.529. The number of rotatable bonds is 2. The first-order valence-corrected chi connectivity index (χ1v) is 13.2. The van der Waals surface area contributed by atoms with Gasteiger partial charge in [0.2, 0.25) is 0 Å². The maximum Gasteiger partial charge on any atom is 0.175 e. The monoisotopic (exact) mass is 424 g/mol. The van der Waals surface area contributed by atoms with Crippen LogP contribution in [0.5, 0.6) is 0 Å². The van der Waals surface area contributed by atoms with Crippen molar-refractivity contribution >= 4 is 0 Å². The highest BCUT2D eigenvalue weighted by Crippen LogP contribution is 2.85. The lowest BCUT2D eigenvalue weighted by atomic mass is 9.44. The lowest BCUT2D eigenvalue weighted by Gasteiger charge is -2.63. The van der Waals surface area contributed by atoms with Crippen LogP contribution in [-0.2, 0) is 9.47 Å². The number of ether oxygens (including phenoxy) is 2. The van der Waals surface area contributed by atoms with E-state index in [4.69, 9.17) is 13.9 Å². The Morgan fingerprint density at radius 1 is 0.935 bits per heavy atom. The van der Waals surface area contributed by atoms with E-state index in [-0.39, 0.29) is 5.79 Å². The molecule has 0 N–H and O–H groups in total. The second kappa shape index (κ2) is 6.00. The van der Waals surface area contributed by atoms with Crippen molar-refractivity contribution in [2.45, 2.75) is 90.8 Å². The zero-order valence-corrected chi connectivity index (χ0v) is 19.9. The number of aryl methyl sites for hydroxylation is 1. The Morgan fingerprint density at radius 2 is 1.74 bits per heavy atom. The largest absolute Gasteiger partial charge is 0.466 e. The van der Waals surface area contributed by atoms with E-state index in [9.17, 15) is 0 Å². The van der Waals surface area contributed by atoms with Crippen LogP contribution in [0.25, 0.3) is 0 Å². The van der Waals surface area contributed by atoms with Gasteiger partial charge in [0, 0.05) is 17.8 Å². The highest BCUT2D eigenvalue weighted by molar-refractivity contribution is 5.29. The van der Waals surface area contributed by atoms with Crippen molar-refractivity contribution in [2.24, 2.45) is 45.8 Å². The molecule has 31 heavy (non-hydrogen) atoms. The Kier molecular flexibility index (Phi) is 3.80. The first-order valence-electron chi connectivity index (χ1n) is 13.2. The molecule has 170 valence electrons. The molecule has 5 aliphatic carbocycles. The molecule has 7 rings (SSSR count). The molecule has 6 fully saturated rings. The Hall–Kier alpha value is -0.800. The zero-order valence-electron chi connectivity index (χ0n) is 19.9. The topological polar surface area (TPSA) is 31.6 Å². The van der Waals surface area contributed by atoms with Gasteiger partial charge >= 0.3 is 0 Å². The molecule has 1 saturated heterocycles. The van der Waals surface area contributed by atoms with Crippen molar-refractivity contribution in [1.82, 2.24) is 0 Å². The second-order valence-electron chi connectivity index (χ2n) is 12.8. The van der Waals surface area contributed by atoms with Crippen LogP contribution in [0, 0.1) is 52.8 Å². The third-order valence-corrected chi connectivity index (χ3v) is 12.2. The van der Waals surface area contributed by atoms with Crippen LogP contribution in [0.1, 0.15) is 89.6 Å². The standard InChI is InChI=1S/C28H40O3/c1-17-5-8-24(31-17)18(2)21-6-7-22-20-16-28(29-13-14-30-28)27-15-19(27)9-12-26(27,4)23(20)10-11-25(21,22)3/h5,8,18-23H,6-7,9-16H2,1-4H3/t18-,19+,20-,21+,22-,23-,25+,26+,27+/m0/s1. The molecule has 0 bridgehead atoms. The zero-order chi connectivity index (χ0) is 21.2. The molecule has 0 unspecified atom stereocenters. The summed E-state index contributed by atoms with van der Waals surface area (Å²) in [6.45, 7) is 11.4. The molecule has 3 nitrogen and oxygen atoms in total. The summed E-state index contributed by atoms with van der Waals surface area (Å²) in [5, 5.41) is 0. The van der Waals surface area contributed by atoms with Crippen LogP contribution in [0.4, 0.5) is 0 Å². The number of hydrogen-bond acceptors (Lipinski definition) is 3. The minimum absolute atomic E-state index is 0.260. The van der Waals surface area contributed by atoms with E-state index in [1.54, 1.807) is 0 Å². The summed E-state index contributed by atoms with van der Waals surface area (Å²) in [5.74, 6) is 6.55. The average molecular weight is 425 g/mol. The Bertz CT molecular complexity index is 898. The molecule has 1 aromatic rings. The predicted molar refractivity (Wildman–Crippen MR) is 120 cm³/mol. The average Bonchev–Trinajstić information content (AvgIpc) is 3.14. The molecule has 2 heterocycles. The third-order valence-electron chi connectivity index (χ3n) is 12.2. The minimum Gasteiger partial charge on any atom is -0.466 e. The molecule has 1 aliphatic heterocycles. The van der Waals surface area contributed by atoms with Gasteiger partial charge in [-0.15, -0.1) is 0 Å². The summed E-state index contributed by atoms with van der Waals surface area (Å²) < 4.78 is 19.4. The van der Waals surface area contributed by atoms with E-state index >= 15 is 0 Å². The second-order valence-corrected chi connectivity index (χ2v) is 12.8. The predicted octanol–water partition coefficient (Wildman–Crippen LogP) is 6.70. The summed E-state index contributed by atoms with van der Waals surface area (Å²) in [7, 11) is 0. The van der Waals surface area contributed by atoms with Gasteiger partial charge in [-0.05, 0) is 104 Å². The van der Waals surface area contributed by atoms with E-state index in [0.717, 1.165) is 48.6 Å². The maximum atomic E-state index is 6.64. The molecule has 1 aromatic heterocycles. The van der Waals surface area contributed by atoms with Gasteiger partial charge < -0.3 is 13.9 Å². The Labute approximate surface area is 187 Å². The number of furan rings is 1. The summed E-state index contributed by atoms with van der Waals surface area (Å²) >= 11 is 0. The van der Waals surface area contributed by atoms with Gasteiger partial charge in [-0.2, -0.15) is 0 Å². The Morgan fingerprint density at radius 3 is 2.45 bits per heavy atom. The van der Waals surface area contributed by atoms with E-state index in [0.29, 0.717) is 22.2 Å². The fraction of sp³-hybridized carbons (Fsp3) is 0.857. The summed E-state index contributed by atoms with van der Waals surface area (Å²) in [5.41, 5.74) is 1.18. The smallest absolute Gasteiger partial charge is 0.175 e. The SMILES string of the molecule is Cc1ccc([C@@H](C)[C@H]2CC[C@H]3[C@@H]4CC5(OCCO5)[C@]56C[C@H]5CC[C@]6(C)[C@H]4CC[C@]23C)o1. The maximum absolute atomic E-state index is 6.64. The summed E-state index contributed by atoms with van der Waals surface area (Å²) in [6.07, 6.45) is 10.9.